The zero-order valence-corrected chi connectivity index (χ0v) is 12.5. The van der Waals surface area contributed by atoms with Crippen LogP contribution >= 0.6 is 0 Å². The van der Waals surface area contributed by atoms with E-state index >= 15 is 0 Å². The van der Waals surface area contributed by atoms with Crippen LogP contribution in [0, 0.1) is 0 Å². The van der Waals surface area contributed by atoms with Crippen LogP contribution in [0.1, 0.15) is 38.1 Å². The monoisotopic (exact) mass is 277 g/mol. The molecule has 1 heterocycles. The van der Waals surface area contributed by atoms with Gasteiger partial charge < -0.3 is 19.8 Å². The molecular formula is C14H20BNO4. The molecule has 1 fully saturated rings. The van der Waals surface area contributed by atoms with Gasteiger partial charge >= 0.3 is 13.1 Å². The molecule has 1 aromatic rings. The molecule has 0 radical (unpaired) electrons. The summed E-state index contributed by atoms with van der Waals surface area (Å²) in [4.78, 5) is 11.9. The summed E-state index contributed by atoms with van der Waals surface area (Å²) in [7, 11) is 0.681. The molecule has 1 aromatic carbocycles. The fraction of sp³-hybridized carbons (Fsp3) is 0.500. The average molecular weight is 277 g/mol. The van der Waals surface area contributed by atoms with Crippen molar-refractivity contribution in [1.29, 1.82) is 0 Å². The average Bonchev–Trinajstić information content (AvgIpc) is 2.57. The van der Waals surface area contributed by atoms with Gasteiger partial charge in [-0.05, 0) is 39.2 Å². The number of carbonyl (C=O) groups excluding carboxylic acids is 1. The summed E-state index contributed by atoms with van der Waals surface area (Å²) in [6.07, 6.45) is 0. The van der Waals surface area contributed by atoms with E-state index in [1.165, 1.54) is 7.11 Å². The SMILES string of the molecule is COC(=O)c1c(N)cccc1B1OC(C)(C)C(C)(C)O1. The summed E-state index contributed by atoms with van der Waals surface area (Å²) in [5.41, 5.74) is 6.18. The zero-order valence-electron chi connectivity index (χ0n) is 12.5. The number of anilines is 1. The predicted octanol–water partition coefficient (Wildman–Crippen LogP) is 1.35. The highest BCUT2D eigenvalue weighted by Crippen LogP contribution is 2.36. The number of nitrogen functional groups attached to an aromatic ring is 1. The molecule has 6 heteroatoms. The molecule has 2 rings (SSSR count). The number of benzene rings is 1. The maximum atomic E-state index is 11.9. The fourth-order valence-electron chi connectivity index (χ4n) is 2.09. The minimum atomic E-state index is -0.641. The van der Waals surface area contributed by atoms with Gasteiger partial charge in [-0.15, -0.1) is 0 Å². The number of hydrogen-bond acceptors (Lipinski definition) is 5. The van der Waals surface area contributed by atoms with Crippen molar-refractivity contribution in [3.05, 3.63) is 23.8 Å². The van der Waals surface area contributed by atoms with Gasteiger partial charge in [-0.1, -0.05) is 12.1 Å². The Kier molecular flexibility index (Phi) is 3.56. The molecule has 1 aliphatic heterocycles. The largest absolute Gasteiger partial charge is 0.495 e. The highest BCUT2D eigenvalue weighted by Gasteiger charge is 2.52. The molecule has 0 unspecified atom stereocenters. The highest BCUT2D eigenvalue weighted by molar-refractivity contribution is 6.64. The Hall–Kier alpha value is -1.53. The van der Waals surface area contributed by atoms with Crippen LogP contribution in [0.3, 0.4) is 0 Å². The van der Waals surface area contributed by atoms with Gasteiger partial charge in [-0.2, -0.15) is 0 Å². The summed E-state index contributed by atoms with van der Waals surface area (Å²) in [5, 5.41) is 0. The fourth-order valence-corrected chi connectivity index (χ4v) is 2.09. The second-order valence-corrected chi connectivity index (χ2v) is 5.89. The van der Waals surface area contributed by atoms with E-state index in [-0.39, 0.29) is 0 Å². The second-order valence-electron chi connectivity index (χ2n) is 5.89. The molecule has 5 nitrogen and oxygen atoms in total. The minimum Gasteiger partial charge on any atom is -0.465 e. The van der Waals surface area contributed by atoms with Gasteiger partial charge in [-0.25, -0.2) is 4.79 Å². The first-order valence-electron chi connectivity index (χ1n) is 6.52. The van der Waals surface area contributed by atoms with E-state index in [9.17, 15) is 4.79 Å². The van der Waals surface area contributed by atoms with Crippen molar-refractivity contribution in [3.8, 4) is 0 Å². The van der Waals surface area contributed by atoms with Crippen molar-refractivity contribution in [2.75, 3.05) is 12.8 Å². The third-order valence-electron chi connectivity index (χ3n) is 4.03. The van der Waals surface area contributed by atoms with Crippen LogP contribution in [0.15, 0.2) is 18.2 Å². The lowest BCUT2D eigenvalue weighted by Crippen LogP contribution is -2.41. The number of ether oxygens (including phenoxy) is 1. The molecule has 2 N–H and O–H groups in total. The van der Waals surface area contributed by atoms with Gasteiger partial charge in [0.25, 0.3) is 0 Å². The van der Waals surface area contributed by atoms with Crippen molar-refractivity contribution < 1.29 is 18.8 Å². The van der Waals surface area contributed by atoms with Gasteiger partial charge in [0.1, 0.15) is 0 Å². The van der Waals surface area contributed by atoms with Gasteiger partial charge in [0, 0.05) is 5.69 Å². The van der Waals surface area contributed by atoms with E-state index in [1.54, 1.807) is 18.2 Å². The standard InChI is InChI=1S/C14H20BNO4/c1-13(2)14(3,4)20-15(19-13)9-7-6-8-10(16)11(9)12(17)18-5/h6-8H,16H2,1-5H3. The molecule has 0 bridgehead atoms. The number of rotatable bonds is 2. The summed E-state index contributed by atoms with van der Waals surface area (Å²) >= 11 is 0. The van der Waals surface area contributed by atoms with Gasteiger partial charge in [0.2, 0.25) is 0 Å². The van der Waals surface area contributed by atoms with Crippen molar-refractivity contribution in [3.63, 3.8) is 0 Å². The van der Waals surface area contributed by atoms with Crippen LogP contribution in [0.5, 0.6) is 0 Å². The molecule has 0 saturated carbocycles. The minimum absolute atomic E-state index is 0.300. The Bertz CT molecular complexity index is 526. The second kappa shape index (κ2) is 4.79. The van der Waals surface area contributed by atoms with Crippen LogP contribution in [-0.2, 0) is 14.0 Å². The van der Waals surface area contributed by atoms with Crippen LogP contribution in [0.25, 0.3) is 0 Å². The first-order valence-corrected chi connectivity index (χ1v) is 6.52. The van der Waals surface area contributed by atoms with E-state index in [4.69, 9.17) is 19.8 Å². The first-order chi connectivity index (χ1) is 9.19. The summed E-state index contributed by atoms with van der Waals surface area (Å²) in [6.45, 7) is 7.82. The quantitative estimate of drug-likeness (QED) is 0.502. The van der Waals surface area contributed by atoms with Crippen LogP contribution < -0.4 is 11.2 Å². The third kappa shape index (κ3) is 2.29. The van der Waals surface area contributed by atoms with Crippen molar-refractivity contribution in [2.45, 2.75) is 38.9 Å². The molecule has 0 atom stereocenters. The predicted molar refractivity (Wildman–Crippen MR) is 77.9 cm³/mol. The Morgan fingerprint density at radius 2 is 1.75 bits per heavy atom. The van der Waals surface area contributed by atoms with Gasteiger partial charge in [0.15, 0.2) is 0 Å². The molecule has 1 aliphatic rings. The molecule has 108 valence electrons. The smallest absolute Gasteiger partial charge is 0.465 e. The van der Waals surface area contributed by atoms with E-state index in [2.05, 4.69) is 0 Å². The molecule has 20 heavy (non-hydrogen) atoms. The Morgan fingerprint density at radius 1 is 1.20 bits per heavy atom. The van der Waals surface area contributed by atoms with Crippen LogP contribution in [-0.4, -0.2) is 31.4 Å². The van der Waals surface area contributed by atoms with Gasteiger partial charge in [-0.3, -0.25) is 0 Å². The zero-order chi connectivity index (χ0) is 15.1. The maximum absolute atomic E-state index is 11.9. The number of nitrogens with two attached hydrogens (primary N) is 1. The van der Waals surface area contributed by atoms with Crippen molar-refractivity contribution in [2.24, 2.45) is 0 Å². The molecular weight excluding hydrogens is 257 g/mol. The molecule has 0 aliphatic carbocycles. The summed E-state index contributed by atoms with van der Waals surface area (Å²) < 4.78 is 16.7. The lowest BCUT2D eigenvalue weighted by Gasteiger charge is -2.32. The highest BCUT2D eigenvalue weighted by atomic mass is 16.7. The topological polar surface area (TPSA) is 70.8 Å². The summed E-state index contributed by atoms with van der Waals surface area (Å²) in [5.74, 6) is -0.493. The van der Waals surface area contributed by atoms with Crippen molar-refractivity contribution >= 4 is 24.2 Å². The summed E-state index contributed by atoms with van der Waals surface area (Å²) in [6, 6.07) is 5.19. The first kappa shape index (κ1) is 14.9. The lowest BCUT2D eigenvalue weighted by molar-refractivity contribution is 0.00578. The van der Waals surface area contributed by atoms with E-state index in [0.29, 0.717) is 16.7 Å². The number of methoxy groups -OCH3 is 1. The Morgan fingerprint density at radius 3 is 2.25 bits per heavy atom. The Balaban J connectivity index is 2.46. The van der Waals surface area contributed by atoms with Crippen LogP contribution in [0.4, 0.5) is 5.69 Å². The Labute approximate surface area is 119 Å². The lowest BCUT2D eigenvalue weighted by atomic mass is 9.75. The number of carbonyl (C=O) groups is 1. The van der Waals surface area contributed by atoms with E-state index < -0.39 is 24.3 Å². The molecule has 0 aromatic heterocycles. The van der Waals surface area contributed by atoms with Crippen LogP contribution in [0.2, 0.25) is 0 Å². The third-order valence-corrected chi connectivity index (χ3v) is 4.03. The molecule has 1 saturated heterocycles. The number of esters is 1. The molecule has 0 spiro atoms. The number of hydrogen-bond donors (Lipinski definition) is 1. The van der Waals surface area contributed by atoms with Gasteiger partial charge in [0.05, 0.1) is 23.9 Å². The van der Waals surface area contributed by atoms with Crippen molar-refractivity contribution in [1.82, 2.24) is 0 Å². The molecule has 0 amide bonds. The maximum Gasteiger partial charge on any atom is 0.495 e. The van der Waals surface area contributed by atoms with E-state index in [1.807, 2.05) is 27.7 Å². The normalized spacial score (nSPS) is 19.9. The van der Waals surface area contributed by atoms with E-state index in [0.717, 1.165) is 0 Å².